The van der Waals surface area contributed by atoms with E-state index in [1.807, 2.05) is 24.3 Å². The highest BCUT2D eigenvalue weighted by Gasteiger charge is 2.47. The number of hydrogen-bond acceptors (Lipinski definition) is 2. The molecule has 0 radical (unpaired) electrons. The molecule has 0 saturated heterocycles. The Bertz CT molecular complexity index is 386. The summed E-state index contributed by atoms with van der Waals surface area (Å²) < 4.78 is 0. The van der Waals surface area contributed by atoms with Gasteiger partial charge in [-0.2, -0.15) is 0 Å². The first-order chi connectivity index (χ1) is 7.99. The maximum atomic E-state index is 6.03. The Hall–Kier alpha value is -0.730. The Morgan fingerprint density at radius 2 is 1.88 bits per heavy atom. The molecule has 1 saturated carbocycles. The molecular weight excluding hydrogens is 232 g/mol. The monoisotopic (exact) mass is 252 g/mol. The zero-order chi connectivity index (χ0) is 12.5. The zero-order valence-electron chi connectivity index (χ0n) is 10.6. The Morgan fingerprint density at radius 3 is 2.35 bits per heavy atom. The fourth-order valence-corrected chi connectivity index (χ4v) is 3.01. The molecule has 1 aromatic carbocycles. The summed E-state index contributed by atoms with van der Waals surface area (Å²) in [6, 6.07) is 7.87. The van der Waals surface area contributed by atoms with Crippen LogP contribution in [0, 0.1) is 5.41 Å². The molecule has 0 spiro atoms. The highest BCUT2D eigenvalue weighted by molar-refractivity contribution is 6.30. The van der Waals surface area contributed by atoms with Crippen molar-refractivity contribution >= 4 is 17.3 Å². The molecular formula is C14H21ClN2. The second kappa shape index (κ2) is 4.51. The molecule has 1 aliphatic rings. The molecule has 0 aliphatic heterocycles. The van der Waals surface area contributed by atoms with Crippen molar-refractivity contribution in [1.82, 2.24) is 0 Å². The topological polar surface area (TPSA) is 38.0 Å². The molecule has 3 heteroatoms. The molecule has 1 atom stereocenters. The van der Waals surface area contributed by atoms with Crippen LogP contribution in [-0.4, -0.2) is 12.1 Å². The van der Waals surface area contributed by atoms with Gasteiger partial charge in [0.25, 0.3) is 0 Å². The minimum absolute atomic E-state index is 0.0147. The van der Waals surface area contributed by atoms with Gasteiger partial charge in [-0.15, -0.1) is 0 Å². The van der Waals surface area contributed by atoms with Crippen molar-refractivity contribution < 1.29 is 0 Å². The predicted molar refractivity (Wildman–Crippen MR) is 74.5 cm³/mol. The lowest BCUT2D eigenvalue weighted by molar-refractivity contribution is 0.239. The van der Waals surface area contributed by atoms with E-state index in [4.69, 9.17) is 17.3 Å². The fraction of sp³-hybridized carbons (Fsp3) is 0.571. The van der Waals surface area contributed by atoms with E-state index in [0.717, 1.165) is 17.1 Å². The van der Waals surface area contributed by atoms with Crippen LogP contribution in [-0.2, 0) is 0 Å². The van der Waals surface area contributed by atoms with Gasteiger partial charge < -0.3 is 11.1 Å². The van der Waals surface area contributed by atoms with Gasteiger partial charge >= 0.3 is 0 Å². The summed E-state index contributed by atoms with van der Waals surface area (Å²) in [5, 5.41) is 4.40. The highest BCUT2D eigenvalue weighted by Crippen LogP contribution is 2.47. The van der Waals surface area contributed by atoms with E-state index in [-0.39, 0.29) is 11.0 Å². The van der Waals surface area contributed by atoms with Crippen molar-refractivity contribution in [3.8, 4) is 0 Å². The smallest absolute Gasteiger partial charge is 0.0546 e. The summed E-state index contributed by atoms with van der Waals surface area (Å²) in [4.78, 5) is 0. The highest BCUT2D eigenvalue weighted by atomic mass is 35.5. The molecule has 94 valence electrons. The van der Waals surface area contributed by atoms with Crippen LogP contribution < -0.4 is 11.1 Å². The quantitative estimate of drug-likeness (QED) is 0.862. The Morgan fingerprint density at radius 1 is 1.24 bits per heavy atom. The average Bonchev–Trinajstić information content (AvgIpc) is 2.58. The van der Waals surface area contributed by atoms with Crippen molar-refractivity contribution in [2.24, 2.45) is 11.1 Å². The van der Waals surface area contributed by atoms with Crippen molar-refractivity contribution in [3.63, 3.8) is 0 Å². The van der Waals surface area contributed by atoms with Crippen molar-refractivity contribution in [2.45, 2.75) is 38.6 Å². The lowest BCUT2D eigenvalue weighted by Gasteiger charge is -2.42. The number of benzene rings is 1. The van der Waals surface area contributed by atoms with E-state index in [0.29, 0.717) is 6.54 Å². The van der Waals surface area contributed by atoms with Gasteiger partial charge in [0, 0.05) is 17.3 Å². The van der Waals surface area contributed by atoms with Crippen LogP contribution in [0.15, 0.2) is 24.3 Å². The van der Waals surface area contributed by atoms with Gasteiger partial charge in [-0.3, -0.25) is 0 Å². The largest absolute Gasteiger partial charge is 0.378 e. The molecule has 2 nitrogen and oxygen atoms in total. The van der Waals surface area contributed by atoms with Gasteiger partial charge in [0.05, 0.1) is 5.54 Å². The minimum Gasteiger partial charge on any atom is -0.378 e. The maximum Gasteiger partial charge on any atom is 0.0546 e. The second-order valence-corrected chi connectivity index (χ2v) is 6.09. The minimum atomic E-state index is 0.0147. The third kappa shape index (κ3) is 2.29. The molecule has 1 aromatic rings. The van der Waals surface area contributed by atoms with Gasteiger partial charge in [0.15, 0.2) is 0 Å². The Labute approximate surface area is 109 Å². The predicted octanol–water partition coefficient (Wildman–Crippen LogP) is 3.66. The summed E-state index contributed by atoms with van der Waals surface area (Å²) in [5.41, 5.74) is 7.39. The molecule has 17 heavy (non-hydrogen) atoms. The number of rotatable bonds is 3. The number of anilines is 1. The molecule has 0 bridgehead atoms. The average molecular weight is 253 g/mol. The van der Waals surface area contributed by atoms with Crippen LogP contribution >= 0.6 is 11.6 Å². The third-order valence-corrected chi connectivity index (χ3v) is 4.53. The van der Waals surface area contributed by atoms with E-state index in [1.165, 1.54) is 12.8 Å². The van der Waals surface area contributed by atoms with E-state index >= 15 is 0 Å². The van der Waals surface area contributed by atoms with Crippen LogP contribution in [0.2, 0.25) is 5.02 Å². The number of nitrogens with one attached hydrogen (secondary N) is 1. The van der Waals surface area contributed by atoms with Crippen molar-refractivity contribution in [2.75, 3.05) is 11.9 Å². The van der Waals surface area contributed by atoms with Gasteiger partial charge in [-0.25, -0.2) is 0 Å². The Balaban J connectivity index is 2.23. The van der Waals surface area contributed by atoms with Crippen LogP contribution in [0.5, 0.6) is 0 Å². The number of hydrogen-bond donors (Lipinski definition) is 2. The first-order valence-electron chi connectivity index (χ1n) is 6.23. The van der Waals surface area contributed by atoms with Crippen molar-refractivity contribution in [3.05, 3.63) is 29.3 Å². The lowest BCUT2D eigenvalue weighted by atomic mass is 9.74. The SMILES string of the molecule is CC1(C)CCCC1(CN)Nc1ccc(Cl)cc1. The first-order valence-corrected chi connectivity index (χ1v) is 6.61. The molecule has 1 aliphatic carbocycles. The summed E-state index contributed by atoms with van der Waals surface area (Å²) in [6.07, 6.45) is 3.61. The van der Waals surface area contributed by atoms with E-state index in [2.05, 4.69) is 19.2 Å². The van der Waals surface area contributed by atoms with Gasteiger partial charge in [0.2, 0.25) is 0 Å². The van der Waals surface area contributed by atoms with Crippen LogP contribution in [0.1, 0.15) is 33.1 Å². The fourth-order valence-electron chi connectivity index (χ4n) is 2.88. The molecule has 0 heterocycles. The standard InChI is InChI=1S/C14H21ClN2/c1-13(2)8-3-9-14(13,10-16)17-12-6-4-11(15)5-7-12/h4-7,17H,3,8-10,16H2,1-2H3. The molecule has 1 fully saturated rings. The molecule has 1 unspecified atom stereocenters. The summed E-state index contributed by atoms with van der Waals surface area (Å²) in [7, 11) is 0. The molecule has 3 N–H and O–H groups in total. The van der Waals surface area contributed by atoms with Crippen LogP contribution in [0.25, 0.3) is 0 Å². The number of halogens is 1. The van der Waals surface area contributed by atoms with Gasteiger partial charge in [-0.05, 0) is 42.5 Å². The molecule has 2 rings (SSSR count). The summed E-state index contributed by atoms with van der Waals surface area (Å²) in [5.74, 6) is 0. The zero-order valence-corrected chi connectivity index (χ0v) is 11.3. The summed E-state index contributed by atoms with van der Waals surface area (Å²) >= 11 is 5.90. The van der Waals surface area contributed by atoms with Crippen LogP contribution in [0.3, 0.4) is 0 Å². The molecule has 0 amide bonds. The number of nitrogens with two attached hydrogens (primary N) is 1. The Kier molecular flexibility index (Phi) is 3.37. The lowest BCUT2D eigenvalue weighted by Crippen LogP contribution is -2.53. The van der Waals surface area contributed by atoms with E-state index < -0.39 is 0 Å². The third-order valence-electron chi connectivity index (χ3n) is 4.28. The van der Waals surface area contributed by atoms with E-state index in [1.54, 1.807) is 0 Å². The normalized spacial score (nSPS) is 27.1. The van der Waals surface area contributed by atoms with E-state index in [9.17, 15) is 0 Å². The van der Waals surface area contributed by atoms with Gasteiger partial charge in [0.1, 0.15) is 0 Å². The first kappa shape index (κ1) is 12.7. The van der Waals surface area contributed by atoms with Crippen LogP contribution in [0.4, 0.5) is 5.69 Å². The van der Waals surface area contributed by atoms with Crippen molar-refractivity contribution in [1.29, 1.82) is 0 Å². The maximum absolute atomic E-state index is 6.03. The summed E-state index contributed by atoms with van der Waals surface area (Å²) in [6.45, 7) is 5.27. The second-order valence-electron chi connectivity index (χ2n) is 5.66. The molecule has 0 aromatic heterocycles. The van der Waals surface area contributed by atoms with Gasteiger partial charge in [-0.1, -0.05) is 31.9 Å².